The average molecular weight is 223 g/mol. The Morgan fingerprint density at radius 1 is 1.38 bits per heavy atom. The molecule has 0 saturated heterocycles. The zero-order chi connectivity index (χ0) is 11.2. The minimum atomic E-state index is 0.945. The fraction of sp³-hybridized carbons (Fsp3) is 0.923. The van der Waals surface area contributed by atoms with Crippen LogP contribution in [0.15, 0.2) is 4.99 Å². The highest BCUT2D eigenvalue weighted by molar-refractivity contribution is 5.80. The van der Waals surface area contributed by atoms with Gasteiger partial charge in [0.2, 0.25) is 0 Å². The summed E-state index contributed by atoms with van der Waals surface area (Å²) < 4.78 is 0. The number of aliphatic imine (C=N–C) groups is 1. The zero-order valence-corrected chi connectivity index (χ0v) is 10.5. The van der Waals surface area contributed by atoms with Crippen molar-refractivity contribution in [3.63, 3.8) is 0 Å². The van der Waals surface area contributed by atoms with Gasteiger partial charge >= 0.3 is 0 Å². The molecule has 1 aliphatic heterocycles. The molecule has 16 heavy (non-hydrogen) atoms. The molecular weight excluding hydrogens is 198 g/mol. The van der Waals surface area contributed by atoms with Gasteiger partial charge < -0.3 is 10.6 Å². The van der Waals surface area contributed by atoms with Crippen LogP contribution >= 0.6 is 0 Å². The number of nitrogens with one attached hydrogen (secondary N) is 2. The molecular formula is C13H25N3. The molecule has 0 aromatic heterocycles. The molecule has 2 aliphatic rings. The van der Waals surface area contributed by atoms with Crippen molar-refractivity contribution in [2.45, 2.75) is 45.4 Å². The van der Waals surface area contributed by atoms with Crippen LogP contribution in [0.3, 0.4) is 0 Å². The molecule has 2 rings (SSSR count). The van der Waals surface area contributed by atoms with E-state index in [0.717, 1.165) is 37.4 Å². The Balaban J connectivity index is 1.61. The van der Waals surface area contributed by atoms with E-state index < -0.39 is 0 Å². The van der Waals surface area contributed by atoms with E-state index in [0.29, 0.717) is 0 Å². The molecule has 92 valence electrons. The number of guanidine groups is 1. The highest BCUT2D eigenvalue weighted by Crippen LogP contribution is 2.30. The molecule has 2 N–H and O–H groups in total. The lowest BCUT2D eigenvalue weighted by molar-refractivity contribution is 0.270. The van der Waals surface area contributed by atoms with Crippen LogP contribution in [-0.2, 0) is 0 Å². The van der Waals surface area contributed by atoms with Crippen LogP contribution in [0.25, 0.3) is 0 Å². The van der Waals surface area contributed by atoms with E-state index in [1.54, 1.807) is 0 Å². The van der Waals surface area contributed by atoms with Crippen LogP contribution in [0.5, 0.6) is 0 Å². The highest BCUT2D eigenvalue weighted by Gasteiger charge is 2.18. The minimum absolute atomic E-state index is 0.945. The van der Waals surface area contributed by atoms with Gasteiger partial charge in [-0.1, -0.05) is 26.2 Å². The molecule has 2 unspecified atom stereocenters. The molecule has 3 heteroatoms. The van der Waals surface area contributed by atoms with Crippen molar-refractivity contribution in [2.24, 2.45) is 16.8 Å². The normalized spacial score (nSPS) is 30.4. The van der Waals surface area contributed by atoms with Gasteiger partial charge in [0.15, 0.2) is 5.96 Å². The Labute approximate surface area is 99.1 Å². The van der Waals surface area contributed by atoms with E-state index >= 15 is 0 Å². The quantitative estimate of drug-likeness (QED) is 0.769. The lowest BCUT2D eigenvalue weighted by atomic mass is 9.81. The second kappa shape index (κ2) is 6.12. The van der Waals surface area contributed by atoms with Gasteiger partial charge in [-0.2, -0.15) is 0 Å². The van der Waals surface area contributed by atoms with E-state index in [1.165, 1.54) is 38.5 Å². The third kappa shape index (κ3) is 3.69. The van der Waals surface area contributed by atoms with E-state index in [2.05, 4.69) is 22.5 Å². The van der Waals surface area contributed by atoms with Gasteiger partial charge in [-0.3, -0.25) is 4.99 Å². The van der Waals surface area contributed by atoms with Gasteiger partial charge in [-0.15, -0.1) is 0 Å². The van der Waals surface area contributed by atoms with Gasteiger partial charge in [-0.25, -0.2) is 0 Å². The van der Waals surface area contributed by atoms with Gasteiger partial charge in [0.1, 0.15) is 0 Å². The summed E-state index contributed by atoms with van der Waals surface area (Å²) in [5.74, 6) is 2.92. The monoisotopic (exact) mass is 223 g/mol. The first kappa shape index (κ1) is 11.7. The lowest BCUT2D eigenvalue weighted by Gasteiger charge is -2.27. The summed E-state index contributed by atoms with van der Waals surface area (Å²) in [6.07, 6.45) is 8.23. The first-order chi connectivity index (χ1) is 7.84. The number of nitrogens with zero attached hydrogens (tertiary/aromatic N) is 1. The Hall–Kier alpha value is -0.730. The molecule has 0 radical (unpaired) electrons. The van der Waals surface area contributed by atoms with Crippen molar-refractivity contribution in [3.05, 3.63) is 0 Å². The van der Waals surface area contributed by atoms with E-state index in [9.17, 15) is 0 Å². The van der Waals surface area contributed by atoms with Crippen LogP contribution < -0.4 is 10.6 Å². The van der Waals surface area contributed by atoms with Crippen molar-refractivity contribution in [1.29, 1.82) is 0 Å². The summed E-state index contributed by atoms with van der Waals surface area (Å²) in [6, 6.07) is 0. The van der Waals surface area contributed by atoms with Crippen LogP contribution in [0.1, 0.15) is 45.4 Å². The third-order valence-corrected chi connectivity index (χ3v) is 3.79. The fourth-order valence-corrected chi connectivity index (χ4v) is 2.87. The van der Waals surface area contributed by atoms with Crippen LogP contribution in [0, 0.1) is 11.8 Å². The molecule has 0 amide bonds. The fourth-order valence-electron chi connectivity index (χ4n) is 2.87. The Morgan fingerprint density at radius 3 is 3.06 bits per heavy atom. The van der Waals surface area contributed by atoms with E-state index in [-0.39, 0.29) is 0 Å². The van der Waals surface area contributed by atoms with Crippen molar-refractivity contribution in [3.8, 4) is 0 Å². The molecule has 1 aliphatic carbocycles. The molecule has 1 fully saturated rings. The van der Waals surface area contributed by atoms with Crippen LogP contribution in [0.2, 0.25) is 0 Å². The topological polar surface area (TPSA) is 36.4 Å². The summed E-state index contributed by atoms with van der Waals surface area (Å²) in [4.78, 5) is 4.42. The second-order valence-electron chi connectivity index (χ2n) is 5.36. The summed E-state index contributed by atoms with van der Waals surface area (Å²) in [5, 5.41) is 6.73. The summed E-state index contributed by atoms with van der Waals surface area (Å²) >= 11 is 0. The maximum Gasteiger partial charge on any atom is 0.191 e. The SMILES string of the molecule is CC1CCCC(CCNC2=NCCCN2)C1. The molecule has 0 aromatic carbocycles. The molecule has 2 atom stereocenters. The number of hydrogen-bond acceptors (Lipinski definition) is 3. The van der Waals surface area contributed by atoms with Crippen molar-refractivity contribution in [1.82, 2.24) is 10.6 Å². The molecule has 3 nitrogen and oxygen atoms in total. The summed E-state index contributed by atoms with van der Waals surface area (Å²) in [6.45, 7) is 5.54. The first-order valence-corrected chi connectivity index (χ1v) is 6.87. The standard InChI is InChI=1S/C13H25N3/c1-11-4-2-5-12(10-11)6-9-16-13-14-7-3-8-15-13/h11-12H,2-10H2,1H3,(H2,14,15,16). The van der Waals surface area contributed by atoms with Gasteiger partial charge in [0.25, 0.3) is 0 Å². The molecule has 1 heterocycles. The summed E-state index contributed by atoms with van der Waals surface area (Å²) in [5.41, 5.74) is 0. The summed E-state index contributed by atoms with van der Waals surface area (Å²) in [7, 11) is 0. The highest BCUT2D eigenvalue weighted by atomic mass is 15.2. The maximum absolute atomic E-state index is 4.42. The zero-order valence-electron chi connectivity index (χ0n) is 10.5. The molecule has 1 saturated carbocycles. The number of rotatable bonds is 3. The van der Waals surface area contributed by atoms with E-state index in [4.69, 9.17) is 0 Å². The number of hydrogen-bond donors (Lipinski definition) is 2. The third-order valence-electron chi connectivity index (χ3n) is 3.79. The smallest absolute Gasteiger partial charge is 0.191 e. The van der Waals surface area contributed by atoms with E-state index in [1.807, 2.05) is 0 Å². The predicted octanol–water partition coefficient (Wildman–Crippen LogP) is 2.14. The Kier molecular flexibility index (Phi) is 4.49. The molecule has 0 bridgehead atoms. The first-order valence-electron chi connectivity index (χ1n) is 6.87. The van der Waals surface area contributed by atoms with Crippen LogP contribution in [0.4, 0.5) is 0 Å². The van der Waals surface area contributed by atoms with Crippen molar-refractivity contribution >= 4 is 5.96 Å². The van der Waals surface area contributed by atoms with Gasteiger partial charge in [0, 0.05) is 19.6 Å². The molecule has 0 aromatic rings. The molecule has 0 spiro atoms. The predicted molar refractivity (Wildman–Crippen MR) is 68.7 cm³/mol. The maximum atomic E-state index is 4.42. The minimum Gasteiger partial charge on any atom is -0.356 e. The Morgan fingerprint density at radius 2 is 2.31 bits per heavy atom. The largest absolute Gasteiger partial charge is 0.356 e. The van der Waals surface area contributed by atoms with Crippen molar-refractivity contribution < 1.29 is 0 Å². The van der Waals surface area contributed by atoms with Gasteiger partial charge in [0.05, 0.1) is 0 Å². The Bertz CT molecular complexity index is 237. The average Bonchev–Trinajstić information content (AvgIpc) is 2.30. The van der Waals surface area contributed by atoms with Crippen LogP contribution in [-0.4, -0.2) is 25.6 Å². The van der Waals surface area contributed by atoms with Crippen molar-refractivity contribution in [2.75, 3.05) is 19.6 Å². The van der Waals surface area contributed by atoms with Gasteiger partial charge in [-0.05, 0) is 31.1 Å². The second-order valence-corrected chi connectivity index (χ2v) is 5.36. The lowest BCUT2D eigenvalue weighted by Crippen LogP contribution is -2.41.